The van der Waals surface area contributed by atoms with Crippen LogP contribution in [-0.4, -0.2) is 22.1 Å². The number of hydrogen-bond donors (Lipinski definition) is 1. The van der Waals surface area contributed by atoms with Gasteiger partial charge in [0.1, 0.15) is 0 Å². The van der Waals surface area contributed by atoms with E-state index in [2.05, 4.69) is 0 Å². The molecule has 2 rings (SSSR count). The standard InChI is InChI=1S/C11H12O2S/c12-11(13)9(10-7-14-10)6-8-4-2-1-3-5-8/h1-5,9-10H,6-7H2,(H,12,13)/t9-,10-/m1/s1. The van der Waals surface area contributed by atoms with Gasteiger partial charge in [-0.25, -0.2) is 0 Å². The normalized spacial score (nSPS) is 21.6. The molecule has 0 aliphatic carbocycles. The molecule has 2 nitrogen and oxygen atoms in total. The van der Waals surface area contributed by atoms with Crippen molar-refractivity contribution in [2.24, 2.45) is 5.92 Å². The van der Waals surface area contributed by atoms with Gasteiger partial charge in [0.2, 0.25) is 0 Å². The van der Waals surface area contributed by atoms with Gasteiger partial charge >= 0.3 is 5.97 Å². The van der Waals surface area contributed by atoms with Crippen molar-refractivity contribution in [2.75, 3.05) is 5.75 Å². The summed E-state index contributed by atoms with van der Waals surface area (Å²) >= 11 is 1.74. The summed E-state index contributed by atoms with van der Waals surface area (Å²) in [5.41, 5.74) is 1.12. The minimum Gasteiger partial charge on any atom is -0.481 e. The molecule has 0 aromatic heterocycles. The van der Waals surface area contributed by atoms with Gasteiger partial charge in [0.05, 0.1) is 5.92 Å². The van der Waals surface area contributed by atoms with Gasteiger partial charge in [-0.15, -0.1) is 0 Å². The highest BCUT2D eigenvalue weighted by Gasteiger charge is 2.36. The van der Waals surface area contributed by atoms with Crippen molar-refractivity contribution < 1.29 is 9.90 Å². The molecule has 0 spiro atoms. The van der Waals surface area contributed by atoms with E-state index in [1.807, 2.05) is 30.3 Å². The fourth-order valence-corrected chi connectivity index (χ4v) is 2.32. The first kappa shape index (κ1) is 9.59. The number of carboxylic acid groups (broad SMARTS) is 1. The van der Waals surface area contributed by atoms with Crippen LogP contribution in [0.2, 0.25) is 0 Å². The molecule has 74 valence electrons. The number of thioether (sulfide) groups is 1. The van der Waals surface area contributed by atoms with Crippen LogP contribution in [0.5, 0.6) is 0 Å². The summed E-state index contributed by atoms with van der Waals surface area (Å²) in [7, 11) is 0. The van der Waals surface area contributed by atoms with Crippen LogP contribution in [-0.2, 0) is 11.2 Å². The van der Waals surface area contributed by atoms with Crippen LogP contribution in [0.4, 0.5) is 0 Å². The van der Waals surface area contributed by atoms with Crippen LogP contribution >= 0.6 is 11.8 Å². The Morgan fingerprint density at radius 2 is 2.14 bits per heavy atom. The van der Waals surface area contributed by atoms with Gasteiger partial charge in [0.15, 0.2) is 0 Å². The zero-order valence-corrected chi connectivity index (χ0v) is 8.54. The Labute approximate surface area is 87.3 Å². The van der Waals surface area contributed by atoms with Crippen LogP contribution in [0.1, 0.15) is 5.56 Å². The van der Waals surface area contributed by atoms with Gasteiger partial charge in [-0.1, -0.05) is 30.3 Å². The van der Waals surface area contributed by atoms with Crippen LogP contribution in [0.25, 0.3) is 0 Å². The highest BCUT2D eigenvalue weighted by atomic mass is 32.2. The molecular formula is C11H12O2S. The number of carbonyl (C=O) groups is 1. The molecule has 1 fully saturated rings. The Hall–Kier alpha value is -0.960. The molecule has 1 aromatic carbocycles. The van der Waals surface area contributed by atoms with Crippen molar-refractivity contribution >= 4 is 17.7 Å². The fourth-order valence-electron chi connectivity index (χ4n) is 1.53. The lowest BCUT2D eigenvalue weighted by Gasteiger charge is -2.09. The van der Waals surface area contributed by atoms with Crippen molar-refractivity contribution in [2.45, 2.75) is 11.7 Å². The van der Waals surface area contributed by atoms with Crippen molar-refractivity contribution in [1.29, 1.82) is 0 Å². The largest absolute Gasteiger partial charge is 0.481 e. The lowest BCUT2D eigenvalue weighted by Crippen LogP contribution is -2.21. The summed E-state index contributed by atoms with van der Waals surface area (Å²) in [6.45, 7) is 0. The topological polar surface area (TPSA) is 37.3 Å². The summed E-state index contributed by atoms with van der Waals surface area (Å²) < 4.78 is 0. The molecule has 1 heterocycles. The lowest BCUT2D eigenvalue weighted by molar-refractivity contribution is -0.141. The molecule has 1 N–H and O–H groups in total. The van der Waals surface area contributed by atoms with E-state index in [1.165, 1.54) is 0 Å². The molecule has 3 heteroatoms. The number of hydrogen-bond acceptors (Lipinski definition) is 2. The third-order valence-corrected chi connectivity index (χ3v) is 3.47. The van der Waals surface area contributed by atoms with Gasteiger partial charge in [-0.05, 0) is 12.0 Å². The molecule has 0 unspecified atom stereocenters. The van der Waals surface area contributed by atoms with Crippen molar-refractivity contribution in [3.8, 4) is 0 Å². The Balaban J connectivity index is 2.04. The molecule has 14 heavy (non-hydrogen) atoms. The van der Waals surface area contributed by atoms with E-state index in [1.54, 1.807) is 11.8 Å². The van der Waals surface area contributed by atoms with Crippen LogP contribution in [0.3, 0.4) is 0 Å². The van der Waals surface area contributed by atoms with Crippen molar-refractivity contribution in [1.82, 2.24) is 0 Å². The monoisotopic (exact) mass is 208 g/mol. The van der Waals surface area contributed by atoms with Crippen molar-refractivity contribution in [3.05, 3.63) is 35.9 Å². The molecule has 2 atom stereocenters. The quantitative estimate of drug-likeness (QED) is 0.769. The maximum Gasteiger partial charge on any atom is 0.307 e. The summed E-state index contributed by atoms with van der Waals surface area (Å²) in [6, 6.07) is 9.83. The van der Waals surface area contributed by atoms with Gasteiger partial charge in [0, 0.05) is 11.0 Å². The maximum absolute atomic E-state index is 11.0. The van der Waals surface area contributed by atoms with Gasteiger partial charge < -0.3 is 5.11 Å². The minimum absolute atomic E-state index is 0.206. The second-order valence-corrected chi connectivity index (χ2v) is 4.78. The summed E-state index contributed by atoms with van der Waals surface area (Å²) in [5.74, 6) is 0.135. The molecule has 0 bridgehead atoms. The Morgan fingerprint density at radius 1 is 1.50 bits per heavy atom. The number of benzene rings is 1. The van der Waals surface area contributed by atoms with E-state index in [4.69, 9.17) is 5.11 Å². The minimum atomic E-state index is -0.663. The fraction of sp³-hybridized carbons (Fsp3) is 0.364. The van der Waals surface area contributed by atoms with Gasteiger partial charge in [0.25, 0.3) is 0 Å². The SMILES string of the molecule is O=C(O)[C@H](Cc1ccccc1)[C@H]1CS1. The van der Waals surface area contributed by atoms with Crippen molar-refractivity contribution in [3.63, 3.8) is 0 Å². The average Bonchev–Trinajstić information content (AvgIpc) is 2.99. The van der Waals surface area contributed by atoms with E-state index in [0.29, 0.717) is 11.7 Å². The molecule has 1 aliphatic rings. The first-order valence-corrected chi connectivity index (χ1v) is 5.70. The van der Waals surface area contributed by atoms with E-state index < -0.39 is 5.97 Å². The maximum atomic E-state index is 11.0. The number of carboxylic acids is 1. The second-order valence-electron chi connectivity index (χ2n) is 3.51. The number of rotatable bonds is 4. The van der Waals surface area contributed by atoms with E-state index in [0.717, 1.165) is 11.3 Å². The highest BCUT2D eigenvalue weighted by Crippen LogP contribution is 2.38. The van der Waals surface area contributed by atoms with E-state index >= 15 is 0 Å². The third kappa shape index (κ3) is 2.29. The third-order valence-electron chi connectivity index (χ3n) is 2.42. The van der Waals surface area contributed by atoms with Gasteiger partial charge in [-0.3, -0.25) is 4.79 Å². The molecule has 0 radical (unpaired) electrons. The Bertz CT molecular complexity index is 319. The van der Waals surface area contributed by atoms with E-state index in [9.17, 15) is 4.79 Å². The smallest absolute Gasteiger partial charge is 0.307 e. The van der Waals surface area contributed by atoms with Crippen LogP contribution in [0.15, 0.2) is 30.3 Å². The highest BCUT2D eigenvalue weighted by molar-refractivity contribution is 8.06. The Kier molecular flexibility index (Phi) is 2.77. The average molecular weight is 208 g/mol. The molecular weight excluding hydrogens is 196 g/mol. The Morgan fingerprint density at radius 3 is 2.64 bits per heavy atom. The summed E-state index contributed by atoms with van der Waals surface area (Å²) in [5, 5.41) is 9.37. The molecule has 0 amide bonds. The zero-order chi connectivity index (χ0) is 9.97. The first-order chi connectivity index (χ1) is 6.77. The van der Waals surface area contributed by atoms with Crippen LogP contribution < -0.4 is 0 Å². The lowest BCUT2D eigenvalue weighted by atomic mass is 9.97. The summed E-state index contributed by atoms with van der Waals surface area (Å²) in [6.07, 6.45) is 0.661. The molecule has 1 aromatic rings. The van der Waals surface area contributed by atoms with E-state index in [-0.39, 0.29) is 5.92 Å². The second kappa shape index (κ2) is 4.05. The molecule has 1 aliphatic heterocycles. The predicted octanol–water partition coefficient (Wildman–Crippen LogP) is 2.05. The zero-order valence-electron chi connectivity index (χ0n) is 7.72. The van der Waals surface area contributed by atoms with Crippen LogP contribution in [0, 0.1) is 5.92 Å². The predicted molar refractivity (Wildman–Crippen MR) is 57.5 cm³/mol. The first-order valence-electron chi connectivity index (χ1n) is 4.65. The summed E-state index contributed by atoms with van der Waals surface area (Å²) in [4.78, 5) is 11.0. The van der Waals surface area contributed by atoms with Gasteiger partial charge in [-0.2, -0.15) is 11.8 Å². The number of aliphatic carboxylic acids is 1. The molecule has 0 saturated carbocycles. The molecule has 1 saturated heterocycles.